The van der Waals surface area contributed by atoms with Gasteiger partial charge in [0.1, 0.15) is 22.3 Å². The molecule has 1 fully saturated rings. The Hall–Kier alpha value is -2.54. The number of carbonyl (C=O) groups excluding carboxylic acids is 1. The van der Waals surface area contributed by atoms with E-state index in [1.54, 1.807) is 12.1 Å². The Bertz CT molecular complexity index is 1180. The Morgan fingerprint density at radius 1 is 1.18 bits per heavy atom. The zero-order valence-electron chi connectivity index (χ0n) is 20.3. The molecule has 0 radical (unpaired) electrons. The number of anilines is 1. The Balaban J connectivity index is 1.38. The van der Waals surface area contributed by atoms with E-state index < -0.39 is 0 Å². The number of thiophene rings is 1. The molecular formula is C27H33FN4OS. The number of amides is 1. The molecule has 0 bridgehead atoms. The van der Waals surface area contributed by atoms with E-state index >= 15 is 0 Å². The maximum absolute atomic E-state index is 13.2. The molecule has 3 aromatic rings. The largest absolute Gasteiger partial charge is 0.352 e. The minimum atomic E-state index is -0.275. The highest BCUT2D eigenvalue weighted by Crippen LogP contribution is 2.41. The molecule has 1 aliphatic heterocycles. The third kappa shape index (κ3) is 4.54. The molecule has 5 rings (SSSR count). The van der Waals surface area contributed by atoms with Crippen LogP contribution >= 0.6 is 11.3 Å². The highest BCUT2D eigenvalue weighted by molar-refractivity contribution is 7.19. The number of carbonyl (C=O) groups is 1. The zero-order valence-corrected chi connectivity index (χ0v) is 21.1. The molecule has 0 spiro atoms. The van der Waals surface area contributed by atoms with Crippen molar-refractivity contribution in [3.63, 3.8) is 0 Å². The molecule has 1 aliphatic carbocycles. The molecule has 5 nitrogen and oxygen atoms in total. The Kier molecular flexibility index (Phi) is 6.56. The Morgan fingerprint density at radius 3 is 2.62 bits per heavy atom. The standard InChI is InChI=1S/C27H33FN4OS/c1-4-18(3)25-29-26(24-21-10-5-17(2)15-22(21)34-27(24)30-25)32-13-11-31(12-14-32)23(33)16-19-6-8-20(28)9-7-19/h6-9,17-18H,4-5,10-16H2,1-3H3/t17-,18-/m1/s1. The molecule has 2 aliphatic rings. The first-order chi connectivity index (χ1) is 16.4. The fourth-order valence-corrected chi connectivity index (χ4v) is 6.41. The summed E-state index contributed by atoms with van der Waals surface area (Å²) in [7, 11) is 0. The lowest BCUT2D eigenvalue weighted by atomic mass is 9.89. The van der Waals surface area contributed by atoms with Crippen LogP contribution in [0.4, 0.5) is 10.2 Å². The average Bonchev–Trinajstić information content (AvgIpc) is 3.21. The monoisotopic (exact) mass is 480 g/mol. The quantitative estimate of drug-likeness (QED) is 0.493. The van der Waals surface area contributed by atoms with Crippen molar-refractivity contribution in [1.82, 2.24) is 14.9 Å². The SMILES string of the molecule is CC[C@@H](C)c1nc(N2CCN(C(=O)Cc3ccc(F)cc3)CC2)c2c3c(sc2n1)C[C@H](C)CC3. The third-order valence-corrected chi connectivity index (χ3v) is 8.56. The normalized spacial score (nSPS) is 19.4. The minimum absolute atomic E-state index is 0.0984. The van der Waals surface area contributed by atoms with Gasteiger partial charge < -0.3 is 9.80 Å². The fourth-order valence-electron chi connectivity index (χ4n) is 5.03. The van der Waals surface area contributed by atoms with Crippen molar-refractivity contribution in [3.8, 4) is 0 Å². The van der Waals surface area contributed by atoms with E-state index in [-0.39, 0.29) is 11.7 Å². The molecule has 0 unspecified atom stereocenters. The van der Waals surface area contributed by atoms with E-state index in [2.05, 4.69) is 25.7 Å². The summed E-state index contributed by atoms with van der Waals surface area (Å²) in [6, 6.07) is 6.21. The predicted octanol–water partition coefficient (Wildman–Crippen LogP) is 5.36. The first kappa shape index (κ1) is 23.2. The number of halogens is 1. The van der Waals surface area contributed by atoms with Crippen LogP contribution in [0.3, 0.4) is 0 Å². The molecule has 3 heterocycles. The summed E-state index contributed by atoms with van der Waals surface area (Å²) in [4.78, 5) is 29.9. The average molecular weight is 481 g/mol. The summed E-state index contributed by atoms with van der Waals surface area (Å²) in [5, 5.41) is 1.25. The summed E-state index contributed by atoms with van der Waals surface area (Å²) in [5.74, 6) is 2.87. The van der Waals surface area contributed by atoms with Gasteiger partial charge in [0.15, 0.2) is 0 Å². The molecule has 2 aromatic heterocycles. The number of hydrogen-bond donors (Lipinski definition) is 0. The molecule has 1 amide bonds. The van der Waals surface area contributed by atoms with Gasteiger partial charge in [-0.2, -0.15) is 0 Å². The number of hydrogen-bond acceptors (Lipinski definition) is 5. The highest BCUT2D eigenvalue weighted by Gasteiger charge is 2.29. The van der Waals surface area contributed by atoms with Crippen LogP contribution in [0.1, 0.15) is 61.4 Å². The van der Waals surface area contributed by atoms with Crippen LogP contribution < -0.4 is 4.90 Å². The number of nitrogens with zero attached hydrogens (tertiary/aromatic N) is 4. The number of aromatic nitrogens is 2. The van der Waals surface area contributed by atoms with Crippen LogP contribution in [0.2, 0.25) is 0 Å². The Labute approximate surface area is 205 Å². The first-order valence-corrected chi connectivity index (χ1v) is 13.3. The van der Waals surface area contributed by atoms with Crippen molar-refractivity contribution < 1.29 is 9.18 Å². The van der Waals surface area contributed by atoms with Gasteiger partial charge in [-0.1, -0.05) is 32.9 Å². The lowest BCUT2D eigenvalue weighted by Gasteiger charge is -2.36. The maximum Gasteiger partial charge on any atom is 0.227 e. The number of fused-ring (bicyclic) bond motifs is 3. The van der Waals surface area contributed by atoms with E-state index in [1.165, 1.54) is 34.4 Å². The van der Waals surface area contributed by atoms with E-state index in [4.69, 9.17) is 9.97 Å². The van der Waals surface area contributed by atoms with Crippen LogP contribution in [0.25, 0.3) is 10.2 Å². The molecule has 0 saturated carbocycles. The number of aryl methyl sites for hydroxylation is 1. The zero-order chi connectivity index (χ0) is 23.8. The number of benzene rings is 1. The molecular weight excluding hydrogens is 447 g/mol. The first-order valence-electron chi connectivity index (χ1n) is 12.5. The van der Waals surface area contributed by atoms with E-state index in [0.717, 1.165) is 60.3 Å². The smallest absolute Gasteiger partial charge is 0.227 e. The van der Waals surface area contributed by atoms with Gasteiger partial charge >= 0.3 is 0 Å². The van der Waals surface area contributed by atoms with Gasteiger partial charge in [0, 0.05) is 37.0 Å². The van der Waals surface area contributed by atoms with Crippen molar-refractivity contribution in [1.29, 1.82) is 0 Å². The van der Waals surface area contributed by atoms with Crippen molar-refractivity contribution in [2.24, 2.45) is 5.92 Å². The van der Waals surface area contributed by atoms with Crippen LogP contribution in [0, 0.1) is 11.7 Å². The lowest BCUT2D eigenvalue weighted by molar-refractivity contribution is -0.130. The summed E-state index contributed by atoms with van der Waals surface area (Å²) in [5.41, 5.74) is 2.31. The van der Waals surface area contributed by atoms with Crippen molar-refractivity contribution in [2.45, 2.75) is 58.8 Å². The fraction of sp³-hybridized carbons (Fsp3) is 0.519. The van der Waals surface area contributed by atoms with Crippen LogP contribution in [0.15, 0.2) is 24.3 Å². The second-order valence-corrected chi connectivity index (χ2v) is 11.0. The maximum atomic E-state index is 13.2. The molecule has 34 heavy (non-hydrogen) atoms. The van der Waals surface area contributed by atoms with Crippen molar-refractivity contribution >= 4 is 33.3 Å². The van der Waals surface area contributed by atoms with Gasteiger partial charge in [0.25, 0.3) is 0 Å². The highest BCUT2D eigenvalue weighted by atomic mass is 32.1. The molecule has 2 atom stereocenters. The summed E-state index contributed by atoms with van der Waals surface area (Å²) < 4.78 is 13.2. The van der Waals surface area contributed by atoms with Crippen LogP contribution in [-0.4, -0.2) is 47.0 Å². The Morgan fingerprint density at radius 2 is 1.91 bits per heavy atom. The molecule has 1 aromatic carbocycles. The van der Waals surface area contributed by atoms with Gasteiger partial charge in [0.2, 0.25) is 5.91 Å². The van der Waals surface area contributed by atoms with E-state index in [9.17, 15) is 9.18 Å². The van der Waals surface area contributed by atoms with Crippen molar-refractivity contribution in [2.75, 3.05) is 31.1 Å². The topological polar surface area (TPSA) is 49.3 Å². The molecule has 180 valence electrons. The lowest BCUT2D eigenvalue weighted by Crippen LogP contribution is -2.49. The van der Waals surface area contributed by atoms with Crippen molar-refractivity contribution in [3.05, 3.63) is 51.9 Å². The minimum Gasteiger partial charge on any atom is -0.352 e. The summed E-state index contributed by atoms with van der Waals surface area (Å²) >= 11 is 1.86. The van der Waals surface area contributed by atoms with Gasteiger partial charge in [-0.15, -0.1) is 11.3 Å². The van der Waals surface area contributed by atoms with Crippen LogP contribution in [-0.2, 0) is 24.1 Å². The number of rotatable bonds is 5. The summed E-state index contributed by atoms with van der Waals surface area (Å²) in [6.45, 7) is 9.61. The van der Waals surface area contributed by atoms with Gasteiger partial charge in [0.05, 0.1) is 11.8 Å². The van der Waals surface area contributed by atoms with E-state index in [0.29, 0.717) is 25.4 Å². The molecule has 1 saturated heterocycles. The van der Waals surface area contributed by atoms with Crippen LogP contribution in [0.5, 0.6) is 0 Å². The van der Waals surface area contributed by atoms with E-state index in [1.807, 2.05) is 16.2 Å². The van der Waals surface area contributed by atoms with Gasteiger partial charge in [-0.3, -0.25) is 4.79 Å². The second-order valence-electron chi connectivity index (χ2n) is 9.92. The third-order valence-electron chi connectivity index (χ3n) is 7.41. The summed E-state index contributed by atoms with van der Waals surface area (Å²) in [6.07, 6.45) is 4.79. The predicted molar refractivity (Wildman–Crippen MR) is 136 cm³/mol. The van der Waals surface area contributed by atoms with Gasteiger partial charge in [-0.25, -0.2) is 14.4 Å². The number of piperazine rings is 1. The van der Waals surface area contributed by atoms with Gasteiger partial charge in [-0.05, 0) is 54.9 Å². The second kappa shape index (κ2) is 9.61. The molecule has 7 heteroatoms. The molecule has 0 N–H and O–H groups in total.